The van der Waals surface area contributed by atoms with Gasteiger partial charge in [0.2, 0.25) is 5.43 Å². The molecule has 0 unspecified atom stereocenters. The van der Waals surface area contributed by atoms with Crippen molar-refractivity contribution in [3.8, 4) is 5.75 Å². The summed E-state index contributed by atoms with van der Waals surface area (Å²) in [4.78, 5) is 40.0. The number of nitrogens with zero attached hydrogens (tertiary/aromatic N) is 2. The van der Waals surface area contributed by atoms with Crippen LogP contribution < -0.4 is 10.7 Å². The van der Waals surface area contributed by atoms with Crippen molar-refractivity contribution in [2.75, 3.05) is 6.54 Å². The van der Waals surface area contributed by atoms with Crippen LogP contribution >= 0.6 is 0 Å². The van der Waals surface area contributed by atoms with Crippen molar-refractivity contribution in [1.82, 2.24) is 14.8 Å². The third-order valence-corrected chi connectivity index (χ3v) is 6.72. The Morgan fingerprint density at radius 2 is 1.97 bits per heavy atom. The second-order valence-electron chi connectivity index (χ2n) is 8.77. The van der Waals surface area contributed by atoms with E-state index in [9.17, 15) is 28.3 Å². The molecule has 1 saturated heterocycles. The monoisotopic (exact) mass is 459 g/mol. The van der Waals surface area contributed by atoms with Crippen molar-refractivity contribution >= 4 is 11.8 Å². The first-order valence-electron chi connectivity index (χ1n) is 11.0. The normalized spacial score (nSPS) is 24.0. The van der Waals surface area contributed by atoms with Gasteiger partial charge >= 0.3 is 0 Å². The molecular weight excluding hydrogens is 436 g/mol. The lowest BCUT2D eigenvalue weighted by molar-refractivity contribution is -0.169. The van der Waals surface area contributed by atoms with Crippen molar-refractivity contribution in [2.24, 2.45) is 5.92 Å². The molecule has 1 aliphatic carbocycles. The molecule has 2 aromatic rings. The molecule has 2 aliphatic heterocycles. The number of halogens is 2. The largest absolute Gasteiger partial charge is 0.503 e. The molecule has 3 aliphatic rings. The van der Waals surface area contributed by atoms with Gasteiger partial charge in [0.15, 0.2) is 17.7 Å². The summed E-state index contributed by atoms with van der Waals surface area (Å²) in [6.45, 7) is 0.396. The maximum Gasteiger partial charge on any atom is 0.276 e. The van der Waals surface area contributed by atoms with Crippen molar-refractivity contribution in [1.29, 1.82) is 0 Å². The molecule has 0 bridgehead atoms. The van der Waals surface area contributed by atoms with Crippen LogP contribution in [0.3, 0.4) is 0 Å². The molecule has 0 spiro atoms. The van der Waals surface area contributed by atoms with E-state index in [4.69, 9.17) is 4.74 Å². The molecule has 8 nitrogen and oxygen atoms in total. The van der Waals surface area contributed by atoms with E-state index in [2.05, 4.69) is 5.32 Å². The molecule has 1 aromatic heterocycles. The zero-order valence-corrected chi connectivity index (χ0v) is 17.7. The highest BCUT2D eigenvalue weighted by Gasteiger charge is 2.44. The lowest BCUT2D eigenvalue weighted by Gasteiger charge is -2.48. The summed E-state index contributed by atoms with van der Waals surface area (Å²) in [7, 11) is 0. The van der Waals surface area contributed by atoms with Crippen LogP contribution in [0.1, 0.15) is 52.1 Å². The smallest absolute Gasteiger partial charge is 0.276 e. The number of aromatic hydroxyl groups is 1. The lowest BCUT2D eigenvalue weighted by Crippen LogP contribution is -2.59. The van der Waals surface area contributed by atoms with Crippen LogP contribution in [-0.4, -0.2) is 45.3 Å². The number of hydrogen-bond donors (Lipinski definition) is 2. The van der Waals surface area contributed by atoms with E-state index in [1.54, 1.807) is 4.90 Å². The van der Waals surface area contributed by atoms with Crippen LogP contribution in [0.15, 0.2) is 29.2 Å². The van der Waals surface area contributed by atoms with Gasteiger partial charge in [0.25, 0.3) is 11.8 Å². The SMILES string of the molecule is O=C(NCc1ccc(F)cc1F)c1cn2c(c(O)c1=O)C(=O)N1C[C@H]3CCCC[C@@H]3O[C@@H]1C2. The highest BCUT2D eigenvalue weighted by atomic mass is 19.1. The van der Waals surface area contributed by atoms with Gasteiger partial charge in [-0.15, -0.1) is 0 Å². The number of pyridine rings is 1. The fourth-order valence-corrected chi connectivity index (χ4v) is 4.98. The molecule has 5 rings (SSSR count). The zero-order valence-electron chi connectivity index (χ0n) is 17.7. The van der Waals surface area contributed by atoms with Gasteiger partial charge in [-0.1, -0.05) is 18.9 Å². The molecule has 10 heteroatoms. The number of ether oxygens (including phenoxy) is 1. The molecule has 3 heterocycles. The van der Waals surface area contributed by atoms with Crippen molar-refractivity contribution in [2.45, 2.75) is 51.1 Å². The molecule has 3 atom stereocenters. The Morgan fingerprint density at radius 3 is 2.76 bits per heavy atom. The second kappa shape index (κ2) is 8.26. The van der Waals surface area contributed by atoms with E-state index < -0.39 is 40.9 Å². The number of amides is 2. The van der Waals surface area contributed by atoms with Gasteiger partial charge in [0.1, 0.15) is 17.2 Å². The van der Waals surface area contributed by atoms with Crippen LogP contribution in [-0.2, 0) is 17.8 Å². The minimum Gasteiger partial charge on any atom is -0.503 e. The summed E-state index contributed by atoms with van der Waals surface area (Å²) in [6, 6.07) is 2.94. The fraction of sp³-hybridized carbons (Fsp3) is 0.435. The van der Waals surface area contributed by atoms with Crippen LogP contribution in [0.25, 0.3) is 0 Å². The van der Waals surface area contributed by atoms with E-state index >= 15 is 0 Å². The van der Waals surface area contributed by atoms with Crippen molar-refractivity contribution < 1.29 is 28.2 Å². The predicted molar refractivity (Wildman–Crippen MR) is 112 cm³/mol. The van der Waals surface area contributed by atoms with Crippen LogP contribution in [0.5, 0.6) is 5.75 Å². The Balaban J connectivity index is 1.40. The maximum absolute atomic E-state index is 13.8. The third kappa shape index (κ3) is 3.78. The Morgan fingerprint density at radius 1 is 1.18 bits per heavy atom. The molecule has 2 N–H and O–H groups in total. The first kappa shape index (κ1) is 21.6. The first-order valence-corrected chi connectivity index (χ1v) is 11.0. The highest BCUT2D eigenvalue weighted by Crippen LogP contribution is 2.36. The van der Waals surface area contributed by atoms with Gasteiger partial charge in [-0.2, -0.15) is 0 Å². The Bertz CT molecular complexity index is 1200. The minimum absolute atomic E-state index is 0.0375. The van der Waals surface area contributed by atoms with Gasteiger partial charge in [0, 0.05) is 36.8 Å². The number of fused-ring (bicyclic) bond motifs is 3. The van der Waals surface area contributed by atoms with Crippen LogP contribution in [0.4, 0.5) is 8.78 Å². The highest BCUT2D eigenvalue weighted by molar-refractivity contribution is 5.99. The van der Waals surface area contributed by atoms with E-state index in [1.165, 1.54) is 16.8 Å². The summed E-state index contributed by atoms with van der Waals surface area (Å²) < 4.78 is 34.5. The Hall–Kier alpha value is -3.27. The van der Waals surface area contributed by atoms with E-state index in [0.717, 1.165) is 31.7 Å². The molecule has 1 saturated carbocycles. The topological polar surface area (TPSA) is 101 Å². The number of nitrogens with one attached hydrogen (secondary N) is 1. The number of carbonyl (C=O) groups excluding carboxylic acids is 2. The Labute approximate surface area is 187 Å². The van der Waals surface area contributed by atoms with E-state index in [1.807, 2.05) is 0 Å². The molecule has 174 valence electrons. The fourth-order valence-electron chi connectivity index (χ4n) is 4.98. The number of hydrogen-bond acceptors (Lipinski definition) is 5. The number of benzene rings is 1. The standard InChI is InChI=1S/C23H23F2N3O5/c24-14-6-5-12(16(25)7-14)8-26-22(31)15-10-27-11-18-28(23(32)19(27)21(30)20(15)29)9-13-3-1-2-4-17(13)33-18/h5-7,10,13,17-18,30H,1-4,8-9,11H2,(H,26,31)/t13-,17+,18-/m1/s1. The van der Waals surface area contributed by atoms with Crippen LogP contribution in [0, 0.1) is 17.6 Å². The first-order chi connectivity index (χ1) is 15.8. The van der Waals surface area contributed by atoms with Crippen molar-refractivity contribution in [3.05, 3.63) is 63.1 Å². The van der Waals surface area contributed by atoms with Crippen LogP contribution in [0.2, 0.25) is 0 Å². The second-order valence-corrected chi connectivity index (χ2v) is 8.77. The predicted octanol–water partition coefficient (Wildman–Crippen LogP) is 2.13. The molecule has 1 aromatic carbocycles. The van der Waals surface area contributed by atoms with Gasteiger partial charge < -0.3 is 24.6 Å². The van der Waals surface area contributed by atoms with Gasteiger partial charge in [-0.3, -0.25) is 14.4 Å². The van der Waals surface area contributed by atoms with E-state index in [-0.39, 0.29) is 41.9 Å². The molecule has 33 heavy (non-hydrogen) atoms. The molecule has 2 amide bonds. The molecule has 0 radical (unpaired) electrons. The minimum atomic E-state index is -0.987. The summed E-state index contributed by atoms with van der Waals surface area (Å²) in [6.07, 6.45) is 4.79. The molecular formula is C23H23F2N3O5. The number of carbonyl (C=O) groups is 2. The van der Waals surface area contributed by atoms with Gasteiger partial charge in [0.05, 0.1) is 12.6 Å². The van der Waals surface area contributed by atoms with Gasteiger partial charge in [-0.25, -0.2) is 8.78 Å². The molecule has 2 fully saturated rings. The number of aromatic nitrogens is 1. The average molecular weight is 459 g/mol. The lowest BCUT2D eigenvalue weighted by atomic mass is 9.84. The zero-order chi connectivity index (χ0) is 23.3. The summed E-state index contributed by atoms with van der Waals surface area (Å²) in [5.41, 5.74) is -1.50. The maximum atomic E-state index is 13.8. The van der Waals surface area contributed by atoms with Gasteiger partial charge in [-0.05, 0) is 18.9 Å². The Kier molecular flexibility index (Phi) is 5.40. The third-order valence-electron chi connectivity index (χ3n) is 6.72. The summed E-state index contributed by atoms with van der Waals surface area (Å²) in [5, 5.41) is 12.9. The number of rotatable bonds is 3. The average Bonchev–Trinajstić information content (AvgIpc) is 2.79. The summed E-state index contributed by atoms with van der Waals surface area (Å²) in [5.74, 6) is -3.50. The summed E-state index contributed by atoms with van der Waals surface area (Å²) >= 11 is 0. The van der Waals surface area contributed by atoms with E-state index in [0.29, 0.717) is 12.6 Å². The quantitative estimate of drug-likeness (QED) is 0.733. The van der Waals surface area contributed by atoms with Crippen molar-refractivity contribution in [3.63, 3.8) is 0 Å².